The van der Waals surface area contributed by atoms with E-state index in [-0.39, 0.29) is 11.9 Å². The second-order valence-electron chi connectivity index (χ2n) is 4.93. The third-order valence-electron chi connectivity index (χ3n) is 3.34. The lowest BCUT2D eigenvalue weighted by Gasteiger charge is -2.22. The van der Waals surface area contributed by atoms with Gasteiger partial charge in [-0.3, -0.25) is 9.00 Å². The summed E-state index contributed by atoms with van der Waals surface area (Å²) in [5, 5.41) is 3.02. The molecule has 0 aliphatic carbocycles. The highest BCUT2D eigenvalue weighted by Crippen LogP contribution is 2.11. The number of carbonyl (C=O) groups excluding carboxylic acids is 1. The Labute approximate surface area is 116 Å². The summed E-state index contributed by atoms with van der Waals surface area (Å²) in [7, 11) is -0.677. The molecule has 1 aliphatic heterocycles. The summed E-state index contributed by atoms with van der Waals surface area (Å²) in [6.45, 7) is 0. The number of hydrogen-bond acceptors (Lipinski definition) is 3. The van der Waals surface area contributed by atoms with Gasteiger partial charge in [0, 0.05) is 40.5 Å². The number of nitrogens with one attached hydrogen (secondary N) is 1. The monoisotopic (exact) mass is 280 g/mol. The second kappa shape index (κ2) is 6.70. The van der Waals surface area contributed by atoms with Crippen LogP contribution in [0.5, 0.6) is 0 Å². The van der Waals surface area contributed by atoms with Crippen molar-refractivity contribution in [3.8, 4) is 0 Å². The van der Waals surface area contributed by atoms with Gasteiger partial charge in [-0.1, -0.05) is 12.1 Å². The van der Waals surface area contributed by atoms with E-state index in [1.165, 1.54) is 0 Å². The summed E-state index contributed by atoms with van der Waals surface area (Å²) < 4.78 is 11.2. The van der Waals surface area contributed by atoms with Crippen LogP contribution in [0, 0.1) is 0 Å². The Morgan fingerprint density at radius 2 is 2.11 bits per heavy atom. The van der Waals surface area contributed by atoms with E-state index < -0.39 is 10.8 Å². The third-order valence-corrected chi connectivity index (χ3v) is 4.73. The molecule has 0 unspecified atom stereocenters. The van der Waals surface area contributed by atoms with Gasteiger partial charge in [-0.05, 0) is 37.0 Å². The maximum Gasteiger partial charge on any atom is 0.220 e. The highest BCUT2D eigenvalue weighted by Gasteiger charge is 2.19. The van der Waals surface area contributed by atoms with Crippen molar-refractivity contribution in [1.29, 1.82) is 0 Å². The molecule has 0 radical (unpaired) electrons. The number of nitrogen functional groups attached to an aromatic ring is 1. The SMILES string of the molecule is Nc1cccc(CCC(=O)NC2CCS(=O)CC2)c1. The van der Waals surface area contributed by atoms with Crippen LogP contribution in [-0.4, -0.2) is 27.7 Å². The minimum absolute atomic E-state index is 0.0695. The minimum Gasteiger partial charge on any atom is -0.399 e. The van der Waals surface area contributed by atoms with Crippen molar-refractivity contribution in [1.82, 2.24) is 5.32 Å². The van der Waals surface area contributed by atoms with E-state index in [9.17, 15) is 9.00 Å². The topological polar surface area (TPSA) is 72.2 Å². The second-order valence-corrected chi connectivity index (χ2v) is 6.63. The fraction of sp³-hybridized carbons (Fsp3) is 0.500. The summed E-state index contributed by atoms with van der Waals surface area (Å²) in [4.78, 5) is 11.8. The fourth-order valence-corrected chi connectivity index (χ4v) is 3.54. The van der Waals surface area contributed by atoms with Crippen molar-refractivity contribution in [2.24, 2.45) is 0 Å². The first-order valence-corrected chi connectivity index (χ1v) is 8.11. The molecule has 19 heavy (non-hydrogen) atoms. The standard InChI is InChI=1S/C14H20N2O2S/c15-12-3-1-2-11(10-12)4-5-14(17)16-13-6-8-19(18)9-7-13/h1-3,10,13H,4-9,15H2,(H,16,17). The Balaban J connectivity index is 1.74. The summed E-state index contributed by atoms with van der Waals surface area (Å²) in [5.74, 6) is 1.49. The lowest BCUT2D eigenvalue weighted by molar-refractivity contribution is -0.121. The van der Waals surface area contributed by atoms with E-state index in [2.05, 4.69) is 5.32 Å². The van der Waals surface area contributed by atoms with Crippen molar-refractivity contribution >= 4 is 22.4 Å². The van der Waals surface area contributed by atoms with Gasteiger partial charge in [0.2, 0.25) is 5.91 Å². The van der Waals surface area contributed by atoms with Gasteiger partial charge in [0.15, 0.2) is 0 Å². The predicted octanol–water partition coefficient (Wildman–Crippen LogP) is 1.23. The molecule has 0 saturated carbocycles. The molecule has 0 atom stereocenters. The summed E-state index contributed by atoms with van der Waals surface area (Å²) >= 11 is 0. The number of benzene rings is 1. The van der Waals surface area contributed by atoms with Crippen LogP contribution in [0.25, 0.3) is 0 Å². The van der Waals surface area contributed by atoms with Crippen molar-refractivity contribution in [2.75, 3.05) is 17.2 Å². The minimum atomic E-state index is -0.677. The van der Waals surface area contributed by atoms with Crippen LogP contribution in [0.4, 0.5) is 5.69 Å². The van der Waals surface area contributed by atoms with Gasteiger partial charge in [0.25, 0.3) is 0 Å². The maximum atomic E-state index is 11.8. The number of aryl methyl sites for hydroxylation is 1. The van der Waals surface area contributed by atoms with Crippen LogP contribution in [0.1, 0.15) is 24.8 Å². The molecule has 1 aliphatic rings. The fourth-order valence-electron chi connectivity index (χ4n) is 2.24. The number of anilines is 1. The van der Waals surface area contributed by atoms with Crippen molar-refractivity contribution in [3.05, 3.63) is 29.8 Å². The highest BCUT2D eigenvalue weighted by molar-refractivity contribution is 7.85. The average Bonchev–Trinajstić information content (AvgIpc) is 2.39. The van der Waals surface area contributed by atoms with Gasteiger partial charge < -0.3 is 11.1 Å². The normalized spacial score (nSPS) is 22.9. The molecule has 5 heteroatoms. The van der Waals surface area contributed by atoms with Crippen LogP contribution in [0.3, 0.4) is 0 Å². The van der Waals surface area contributed by atoms with E-state index in [1.807, 2.05) is 24.3 Å². The molecule has 1 fully saturated rings. The van der Waals surface area contributed by atoms with Gasteiger partial charge >= 0.3 is 0 Å². The van der Waals surface area contributed by atoms with Gasteiger partial charge in [-0.2, -0.15) is 0 Å². The first-order valence-electron chi connectivity index (χ1n) is 6.62. The molecule has 1 saturated heterocycles. The molecule has 1 aromatic rings. The quantitative estimate of drug-likeness (QED) is 0.815. The van der Waals surface area contributed by atoms with E-state index in [4.69, 9.17) is 5.73 Å². The Bertz CT molecular complexity index is 466. The Kier molecular flexibility index (Phi) is 4.96. The molecule has 0 spiro atoms. The molecule has 3 N–H and O–H groups in total. The van der Waals surface area contributed by atoms with Gasteiger partial charge in [0.05, 0.1) is 0 Å². The Morgan fingerprint density at radius 1 is 1.37 bits per heavy atom. The molecular weight excluding hydrogens is 260 g/mol. The molecule has 1 aromatic carbocycles. The molecule has 4 nitrogen and oxygen atoms in total. The number of rotatable bonds is 4. The average molecular weight is 280 g/mol. The Morgan fingerprint density at radius 3 is 2.79 bits per heavy atom. The number of amides is 1. The molecule has 0 aromatic heterocycles. The zero-order chi connectivity index (χ0) is 13.7. The first-order chi connectivity index (χ1) is 9.13. The van der Waals surface area contributed by atoms with E-state index in [0.29, 0.717) is 24.3 Å². The van der Waals surface area contributed by atoms with Gasteiger partial charge in [-0.25, -0.2) is 0 Å². The van der Waals surface area contributed by atoms with Crippen molar-refractivity contribution in [3.63, 3.8) is 0 Å². The molecule has 104 valence electrons. The lowest BCUT2D eigenvalue weighted by atomic mass is 10.1. The van der Waals surface area contributed by atoms with E-state index in [0.717, 1.165) is 24.1 Å². The molecular formula is C14H20N2O2S. The largest absolute Gasteiger partial charge is 0.399 e. The summed E-state index contributed by atoms with van der Waals surface area (Å²) in [6, 6.07) is 7.82. The maximum absolute atomic E-state index is 11.8. The van der Waals surface area contributed by atoms with Crippen LogP contribution in [0.2, 0.25) is 0 Å². The smallest absolute Gasteiger partial charge is 0.220 e. The van der Waals surface area contributed by atoms with Crippen LogP contribution < -0.4 is 11.1 Å². The molecule has 2 rings (SSSR count). The van der Waals surface area contributed by atoms with Crippen LogP contribution in [0.15, 0.2) is 24.3 Å². The van der Waals surface area contributed by atoms with E-state index >= 15 is 0 Å². The number of hydrogen-bond donors (Lipinski definition) is 2. The van der Waals surface area contributed by atoms with Gasteiger partial charge in [0.1, 0.15) is 0 Å². The molecule has 1 amide bonds. The number of nitrogens with two attached hydrogens (primary N) is 1. The van der Waals surface area contributed by atoms with E-state index in [1.54, 1.807) is 0 Å². The predicted molar refractivity (Wildman–Crippen MR) is 78.2 cm³/mol. The molecule has 1 heterocycles. The molecule has 0 bridgehead atoms. The Hall–Kier alpha value is -1.36. The zero-order valence-electron chi connectivity index (χ0n) is 10.9. The summed E-state index contributed by atoms with van der Waals surface area (Å²) in [5.41, 5.74) is 7.51. The van der Waals surface area contributed by atoms with Crippen LogP contribution in [-0.2, 0) is 22.0 Å². The lowest BCUT2D eigenvalue weighted by Crippen LogP contribution is -2.39. The van der Waals surface area contributed by atoms with Crippen LogP contribution >= 0.6 is 0 Å². The summed E-state index contributed by atoms with van der Waals surface area (Å²) in [6.07, 6.45) is 2.84. The highest BCUT2D eigenvalue weighted by atomic mass is 32.2. The first kappa shape index (κ1) is 14.1. The third kappa shape index (κ3) is 4.67. The number of carbonyl (C=O) groups is 1. The van der Waals surface area contributed by atoms with Crippen molar-refractivity contribution in [2.45, 2.75) is 31.7 Å². The zero-order valence-corrected chi connectivity index (χ0v) is 11.7. The van der Waals surface area contributed by atoms with Gasteiger partial charge in [-0.15, -0.1) is 0 Å². The van der Waals surface area contributed by atoms with Crippen molar-refractivity contribution < 1.29 is 9.00 Å².